The summed E-state index contributed by atoms with van der Waals surface area (Å²) in [6, 6.07) is 0. The summed E-state index contributed by atoms with van der Waals surface area (Å²) in [5, 5.41) is 11.0. The number of carboxylic acids is 1. The van der Waals surface area contributed by atoms with Gasteiger partial charge in [-0.25, -0.2) is 4.79 Å². The maximum Gasteiger partial charge on any atom is 0.333 e. The Kier molecular flexibility index (Phi) is 6.77. The first-order chi connectivity index (χ1) is 18.8. The highest BCUT2D eigenvalue weighted by molar-refractivity contribution is 6.00. The Hall–Kier alpha value is -2.17. The molecule has 1 N–H and O–H groups in total. The lowest BCUT2D eigenvalue weighted by molar-refractivity contribution is -0.204. The molecule has 0 aromatic rings. The predicted octanol–water partition coefficient (Wildman–Crippen LogP) is 8.10. The maximum absolute atomic E-state index is 13.4. The van der Waals surface area contributed by atoms with Crippen molar-refractivity contribution in [2.75, 3.05) is 0 Å². The van der Waals surface area contributed by atoms with Crippen molar-refractivity contribution in [1.82, 2.24) is 0 Å². The first-order valence-corrected chi connectivity index (χ1v) is 15.8. The number of aliphatic carboxylic acids is 1. The number of rotatable bonds is 3. The van der Waals surface area contributed by atoms with Crippen molar-refractivity contribution in [1.29, 1.82) is 0 Å². The van der Waals surface area contributed by atoms with Crippen LogP contribution in [0.3, 0.4) is 0 Å². The van der Waals surface area contributed by atoms with Gasteiger partial charge in [0.15, 0.2) is 5.78 Å². The molecular weight excluding hydrogens is 512 g/mol. The molecule has 0 saturated heterocycles. The molecule has 0 aromatic heterocycles. The molecule has 0 aromatic carbocycles. The van der Waals surface area contributed by atoms with Gasteiger partial charge in [0, 0.05) is 16.9 Å². The average molecular weight is 565 g/mol. The number of allylic oxidation sites excluding steroid dienone is 4. The minimum atomic E-state index is -1.12. The largest absolute Gasteiger partial charge is 0.481 e. The Bertz CT molecular complexity index is 1270. The first kappa shape index (κ1) is 30.3. The van der Waals surface area contributed by atoms with E-state index >= 15 is 0 Å². The van der Waals surface area contributed by atoms with Crippen LogP contribution in [0, 0.1) is 50.2 Å². The second-order valence-corrected chi connectivity index (χ2v) is 16.5. The number of carboxylic acid groups (broad SMARTS) is 1. The van der Waals surface area contributed by atoms with Crippen molar-refractivity contribution < 1.29 is 24.2 Å². The number of hydrogen-bond donors (Lipinski definition) is 1. The third-order valence-corrected chi connectivity index (χ3v) is 13.7. The zero-order chi connectivity index (χ0) is 30.6. The number of esters is 1. The molecule has 5 nitrogen and oxygen atoms in total. The third-order valence-electron chi connectivity index (χ3n) is 13.7. The van der Waals surface area contributed by atoms with E-state index in [0.717, 1.165) is 44.1 Å². The molecule has 3 unspecified atom stereocenters. The van der Waals surface area contributed by atoms with E-state index in [4.69, 9.17) is 4.74 Å². The lowest BCUT2D eigenvalue weighted by atomic mass is 9.33. The van der Waals surface area contributed by atoms with Crippen LogP contribution in [0.2, 0.25) is 0 Å². The molecule has 41 heavy (non-hydrogen) atoms. The second-order valence-electron chi connectivity index (χ2n) is 16.5. The molecule has 0 radical (unpaired) electrons. The number of hydrogen-bond acceptors (Lipinski definition) is 4. The zero-order valence-electron chi connectivity index (χ0n) is 26.9. The van der Waals surface area contributed by atoms with Crippen LogP contribution >= 0.6 is 0 Å². The number of carbonyl (C=O) groups is 3. The lowest BCUT2D eigenvalue weighted by Gasteiger charge is -2.70. The van der Waals surface area contributed by atoms with Crippen LogP contribution in [0.25, 0.3) is 0 Å². The normalized spacial score (nSPS) is 44.9. The molecule has 4 saturated carbocycles. The molecule has 5 heteroatoms. The molecule has 5 rings (SSSR count). The van der Waals surface area contributed by atoms with Crippen LogP contribution in [0.4, 0.5) is 0 Å². The first-order valence-electron chi connectivity index (χ1n) is 15.8. The highest BCUT2D eigenvalue weighted by Gasteiger charge is 2.71. The topological polar surface area (TPSA) is 80.7 Å². The number of carbonyl (C=O) groups excluding carboxylic acids is 2. The fourth-order valence-electron chi connectivity index (χ4n) is 11.2. The summed E-state index contributed by atoms with van der Waals surface area (Å²) < 4.78 is 6.13. The smallest absolute Gasteiger partial charge is 0.333 e. The summed E-state index contributed by atoms with van der Waals surface area (Å²) in [7, 11) is 0. The van der Waals surface area contributed by atoms with Crippen LogP contribution in [-0.2, 0) is 19.1 Å². The predicted molar refractivity (Wildman–Crippen MR) is 161 cm³/mol. The summed E-state index contributed by atoms with van der Waals surface area (Å²) in [4.78, 5) is 39.7. The Morgan fingerprint density at radius 1 is 1.02 bits per heavy atom. The van der Waals surface area contributed by atoms with Gasteiger partial charge in [0.2, 0.25) is 0 Å². The highest BCUT2D eigenvalue weighted by atomic mass is 16.5. The molecule has 0 spiro atoms. The molecular formula is C36H52O5. The molecule has 0 amide bonds. The number of fused-ring (bicyclic) bond motifs is 7. The van der Waals surface area contributed by atoms with Gasteiger partial charge in [0.25, 0.3) is 0 Å². The molecule has 0 aliphatic heterocycles. The SMILES string of the molecule is C=C1C[C@@]2(C)C(CC[C@]3(C)C2CC=C2C4CC(C)(C)C[C@@H](OC(=O)/C(C)=C\C)[C@]4(C(=O)O)CC[C@]23C)C(C)(C)C1=O. The van der Waals surface area contributed by atoms with E-state index in [9.17, 15) is 19.5 Å². The van der Waals surface area contributed by atoms with Gasteiger partial charge >= 0.3 is 11.9 Å². The van der Waals surface area contributed by atoms with Gasteiger partial charge in [-0.2, -0.15) is 0 Å². The van der Waals surface area contributed by atoms with Gasteiger partial charge < -0.3 is 9.84 Å². The average Bonchev–Trinajstić information content (AvgIpc) is 2.86. The van der Waals surface area contributed by atoms with Crippen molar-refractivity contribution >= 4 is 17.7 Å². The van der Waals surface area contributed by atoms with Crippen molar-refractivity contribution in [3.8, 4) is 0 Å². The van der Waals surface area contributed by atoms with Crippen molar-refractivity contribution in [2.45, 2.75) is 120 Å². The van der Waals surface area contributed by atoms with Gasteiger partial charge in [-0.3, -0.25) is 9.59 Å². The van der Waals surface area contributed by atoms with Gasteiger partial charge in [-0.05, 0) is 104 Å². The molecule has 0 heterocycles. The minimum absolute atomic E-state index is 0.0287. The van der Waals surface area contributed by atoms with E-state index in [2.05, 4.69) is 61.1 Å². The van der Waals surface area contributed by atoms with E-state index in [0.29, 0.717) is 30.3 Å². The van der Waals surface area contributed by atoms with Crippen LogP contribution < -0.4 is 0 Å². The van der Waals surface area contributed by atoms with Crippen LogP contribution in [0.15, 0.2) is 35.5 Å². The fraction of sp³-hybridized carbons (Fsp3) is 0.750. The molecule has 5 aliphatic rings. The Morgan fingerprint density at radius 3 is 2.29 bits per heavy atom. The molecule has 226 valence electrons. The maximum atomic E-state index is 13.4. The molecule has 4 fully saturated rings. The second kappa shape index (κ2) is 9.16. The molecule has 0 bridgehead atoms. The third kappa shape index (κ3) is 3.88. The lowest BCUT2D eigenvalue weighted by Crippen LogP contribution is -2.66. The van der Waals surface area contributed by atoms with Crippen LogP contribution in [-0.4, -0.2) is 28.9 Å². The van der Waals surface area contributed by atoms with Gasteiger partial charge in [0.1, 0.15) is 11.5 Å². The van der Waals surface area contributed by atoms with E-state index in [1.54, 1.807) is 19.9 Å². The standard InChI is InChI=1S/C36H52O5/c1-11-21(2)29(38)41-27-20-31(4,5)19-24-23-12-13-26-33(8)18-22(3)28(37)32(6,7)25(33)14-15-35(26,10)34(23,9)16-17-36(24,27)30(39)40/h11-12,24-27H,3,13-20H2,1-2,4-10H3,(H,39,40)/b21-11-/t24?,25?,26?,27-,33+,34-,35-,36+/m1/s1. The molecule has 8 atom stereocenters. The van der Waals surface area contributed by atoms with Crippen molar-refractivity contribution in [3.05, 3.63) is 35.5 Å². The number of Topliss-reactive ketones (excluding diaryl/α,β-unsaturated/α-hetero) is 1. The van der Waals surface area contributed by atoms with Crippen molar-refractivity contribution in [3.63, 3.8) is 0 Å². The van der Waals surface area contributed by atoms with E-state index < -0.39 is 28.9 Å². The summed E-state index contributed by atoms with van der Waals surface area (Å²) in [6.45, 7) is 23.7. The number of ketones is 1. The van der Waals surface area contributed by atoms with Crippen molar-refractivity contribution in [2.24, 2.45) is 50.2 Å². The zero-order valence-corrected chi connectivity index (χ0v) is 26.9. The minimum Gasteiger partial charge on any atom is -0.481 e. The van der Waals surface area contributed by atoms with Gasteiger partial charge in [-0.15, -0.1) is 0 Å². The quantitative estimate of drug-likeness (QED) is 0.213. The fourth-order valence-corrected chi connectivity index (χ4v) is 11.2. The summed E-state index contributed by atoms with van der Waals surface area (Å²) in [5.41, 5.74) is 0.625. The Labute approximate surface area is 247 Å². The van der Waals surface area contributed by atoms with E-state index in [-0.39, 0.29) is 33.4 Å². The van der Waals surface area contributed by atoms with E-state index in [1.807, 2.05) is 0 Å². The Balaban J connectivity index is 1.62. The van der Waals surface area contributed by atoms with Gasteiger partial charge in [-0.1, -0.05) is 72.8 Å². The summed E-state index contributed by atoms with van der Waals surface area (Å²) in [6.07, 6.45) is 9.72. The monoisotopic (exact) mass is 564 g/mol. The Morgan fingerprint density at radius 2 is 1.68 bits per heavy atom. The summed E-state index contributed by atoms with van der Waals surface area (Å²) >= 11 is 0. The van der Waals surface area contributed by atoms with Crippen LogP contribution in [0.1, 0.15) is 114 Å². The number of ether oxygens (including phenoxy) is 1. The highest BCUT2D eigenvalue weighted by Crippen LogP contribution is 2.75. The summed E-state index contributed by atoms with van der Waals surface area (Å²) in [5.74, 6) is -0.514. The van der Waals surface area contributed by atoms with Crippen LogP contribution in [0.5, 0.6) is 0 Å². The van der Waals surface area contributed by atoms with E-state index in [1.165, 1.54) is 5.57 Å². The van der Waals surface area contributed by atoms with Gasteiger partial charge in [0.05, 0.1) is 0 Å². The molecule has 5 aliphatic carbocycles.